The lowest BCUT2D eigenvalue weighted by Crippen LogP contribution is -2.50. The molecule has 1 saturated heterocycles. The SMILES string of the molecule is CCN(CC(=O)O)C(=O)N1CC(C)CC(C)C1. The second-order valence-electron chi connectivity index (χ2n) is 5.04. The summed E-state index contributed by atoms with van der Waals surface area (Å²) in [5.41, 5.74) is 0. The third-order valence-corrected chi connectivity index (χ3v) is 3.12. The summed E-state index contributed by atoms with van der Waals surface area (Å²) < 4.78 is 0. The third-order valence-electron chi connectivity index (χ3n) is 3.12. The molecule has 0 aromatic heterocycles. The van der Waals surface area contributed by atoms with E-state index in [-0.39, 0.29) is 12.6 Å². The van der Waals surface area contributed by atoms with Gasteiger partial charge in [-0.15, -0.1) is 0 Å². The molecule has 1 fully saturated rings. The zero-order chi connectivity index (χ0) is 13.0. The molecule has 0 spiro atoms. The van der Waals surface area contributed by atoms with E-state index < -0.39 is 5.97 Å². The van der Waals surface area contributed by atoms with E-state index in [0.717, 1.165) is 19.5 Å². The molecule has 17 heavy (non-hydrogen) atoms. The topological polar surface area (TPSA) is 60.9 Å². The molecule has 98 valence electrons. The van der Waals surface area contributed by atoms with Gasteiger partial charge in [0.15, 0.2) is 0 Å². The van der Waals surface area contributed by atoms with Crippen molar-refractivity contribution >= 4 is 12.0 Å². The lowest BCUT2D eigenvalue weighted by Gasteiger charge is -2.37. The summed E-state index contributed by atoms with van der Waals surface area (Å²) in [6.07, 6.45) is 1.13. The first kappa shape index (κ1) is 13.8. The standard InChI is InChI=1S/C12H22N2O3/c1-4-13(8-11(15)16)12(17)14-6-9(2)5-10(3)7-14/h9-10H,4-8H2,1-3H3,(H,15,16). The number of amides is 2. The number of hydrogen-bond donors (Lipinski definition) is 1. The van der Waals surface area contributed by atoms with Crippen LogP contribution in [-0.2, 0) is 4.79 Å². The number of piperidine rings is 1. The van der Waals surface area contributed by atoms with Crippen molar-refractivity contribution in [3.63, 3.8) is 0 Å². The molecular formula is C12H22N2O3. The second kappa shape index (κ2) is 5.89. The number of carbonyl (C=O) groups excluding carboxylic acids is 1. The highest BCUT2D eigenvalue weighted by Gasteiger charge is 2.28. The smallest absolute Gasteiger partial charge is 0.323 e. The minimum Gasteiger partial charge on any atom is -0.480 e. The van der Waals surface area contributed by atoms with Crippen LogP contribution >= 0.6 is 0 Å². The van der Waals surface area contributed by atoms with Crippen LogP contribution in [-0.4, -0.2) is 53.1 Å². The van der Waals surface area contributed by atoms with E-state index in [2.05, 4.69) is 13.8 Å². The predicted molar refractivity (Wildman–Crippen MR) is 64.8 cm³/mol. The average Bonchev–Trinajstić information content (AvgIpc) is 2.23. The Labute approximate surface area is 102 Å². The minimum absolute atomic E-state index is 0.145. The van der Waals surface area contributed by atoms with Gasteiger partial charge in [-0.2, -0.15) is 0 Å². The number of nitrogens with zero attached hydrogens (tertiary/aromatic N) is 2. The van der Waals surface area contributed by atoms with Gasteiger partial charge in [0, 0.05) is 19.6 Å². The predicted octanol–water partition coefficient (Wildman–Crippen LogP) is 1.49. The number of likely N-dealkylation sites (N-methyl/N-ethyl adjacent to an activating group) is 1. The molecule has 1 heterocycles. The molecule has 1 rings (SSSR count). The molecular weight excluding hydrogens is 220 g/mol. The lowest BCUT2D eigenvalue weighted by atomic mass is 9.92. The molecule has 1 aliphatic rings. The van der Waals surface area contributed by atoms with Gasteiger partial charge in [-0.25, -0.2) is 4.79 Å². The second-order valence-corrected chi connectivity index (χ2v) is 5.04. The fourth-order valence-electron chi connectivity index (χ4n) is 2.50. The lowest BCUT2D eigenvalue weighted by molar-refractivity contribution is -0.137. The van der Waals surface area contributed by atoms with Gasteiger partial charge < -0.3 is 14.9 Å². The number of urea groups is 1. The maximum absolute atomic E-state index is 12.1. The van der Waals surface area contributed by atoms with Crippen LogP contribution in [0.2, 0.25) is 0 Å². The van der Waals surface area contributed by atoms with E-state index in [1.165, 1.54) is 4.90 Å². The van der Waals surface area contributed by atoms with Crippen molar-refractivity contribution in [1.82, 2.24) is 9.80 Å². The number of hydrogen-bond acceptors (Lipinski definition) is 2. The quantitative estimate of drug-likeness (QED) is 0.815. The largest absolute Gasteiger partial charge is 0.480 e. The highest BCUT2D eigenvalue weighted by atomic mass is 16.4. The van der Waals surface area contributed by atoms with Crippen molar-refractivity contribution in [2.45, 2.75) is 27.2 Å². The molecule has 5 nitrogen and oxygen atoms in total. The zero-order valence-electron chi connectivity index (χ0n) is 10.8. The van der Waals surface area contributed by atoms with Crippen molar-refractivity contribution in [3.8, 4) is 0 Å². The van der Waals surface area contributed by atoms with Gasteiger partial charge in [0.2, 0.25) is 0 Å². The van der Waals surface area contributed by atoms with Crippen LogP contribution in [0.1, 0.15) is 27.2 Å². The normalized spacial score (nSPS) is 24.5. The van der Waals surface area contributed by atoms with Crippen LogP contribution in [0.5, 0.6) is 0 Å². The van der Waals surface area contributed by atoms with Crippen molar-refractivity contribution in [2.75, 3.05) is 26.2 Å². The van der Waals surface area contributed by atoms with Crippen LogP contribution in [0.15, 0.2) is 0 Å². The van der Waals surface area contributed by atoms with Gasteiger partial charge in [0.25, 0.3) is 0 Å². The summed E-state index contributed by atoms with van der Waals surface area (Å²) >= 11 is 0. The fraction of sp³-hybridized carbons (Fsp3) is 0.833. The molecule has 5 heteroatoms. The molecule has 0 bridgehead atoms. The highest BCUT2D eigenvalue weighted by Crippen LogP contribution is 2.21. The summed E-state index contributed by atoms with van der Waals surface area (Å²) in [7, 11) is 0. The van der Waals surface area contributed by atoms with E-state index in [4.69, 9.17) is 5.11 Å². The Morgan fingerprint density at radius 1 is 1.29 bits per heavy atom. The molecule has 2 amide bonds. The number of rotatable bonds is 3. The maximum Gasteiger partial charge on any atom is 0.323 e. The summed E-state index contributed by atoms with van der Waals surface area (Å²) in [6.45, 7) is 7.75. The van der Waals surface area contributed by atoms with Crippen LogP contribution in [0.25, 0.3) is 0 Å². The molecule has 0 aliphatic carbocycles. The van der Waals surface area contributed by atoms with Crippen molar-refractivity contribution in [1.29, 1.82) is 0 Å². The van der Waals surface area contributed by atoms with E-state index in [0.29, 0.717) is 18.4 Å². The summed E-state index contributed by atoms with van der Waals surface area (Å²) in [5, 5.41) is 8.75. The Balaban J connectivity index is 2.63. The van der Waals surface area contributed by atoms with Gasteiger partial charge in [0.05, 0.1) is 0 Å². The monoisotopic (exact) mass is 242 g/mol. The Hall–Kier alpha value is -1.26. The molecule has 0 saturated carbocycles. The minimum atomic E-state index is -0.960. The van der Waals surface area contributed by atoms with Crippen molar-refractivity contribution < 1.29 is 14.7 Å². The average molecular weight is 242 g/mol. The van der Waals surface area contributed by atoms with Gasteiger partial charge >= 0.3 is 12.0 Å². The zero-order valence-corrected chi connectivity index (χ0v) is 10.8. The number of carboxylic acids is 1. The Kier molecular flexibility index (Phi) is 4.78. The molecule has 0 aromatic rings. The first-order valence-corrected chi connectivity index (χ1v) is 6.19. The van der Waals surface area contributed by atoms with Gasteiger partial charge in [-0.3, -0.25) is 4.79 Å². The summed E-state index contributed by atoms with van der Waals surface area (Å²) in [4.78, 5) is 26.0. The van der Waals surface area contributed by atoms with E-state index in [1.807, 2.05) is 0 Å². The number of likely N-dealkylation sites (tertiary alicyclic amines) is 1. The van der Waals surface area contributed by atoms with Crippen LogP contribution in [0, 0.1) is 11.8 Å². The fourth-order valence-corrected chi connectivity index (χ4v) is 2.50. The van der Waals surface area contributed by atoms with Crippen molar-refractivity contribution in [2.24, 2.45) is 11.8 Å². The molecule has 0 aromatic carbocycles. The van der Waals surface area contributed by atoms with Gasteiger partial charge in [0.1, 0.15) is 6.54 Å². The number of carbonyl (C=O) groups is 2. The first-order valence-electron chi connectivity index (χ1n) is 6.19. The van der Waals surface area contributed by atoms with Crippen molar-refractivity contribution in [3.05, 3.63) is 0 Å². The number of aliphatic carboxylic acids is 1. The van der Waals surface area contributed by atoms with Crippen LogP contribution in [0.4, 0.5) is 4.79 Å². The first-order chi connectivity index (χ1) is 7.93. The molecule has 1 aliphatic heterocycles. The Morgan fingerprint density at radius 3 is 2.24 bits per heavy atom. The third kappa shape index (κ3) is 3.91. The van der Waals surface area contributed by atoms with E-state index >= 15 is 0 Å². The number of carboxylic acid groups (broad SMARTS) is 1. The summed E-state index contributed by atoms with van der Waals surface area (Å²) in [5.74, 6) is 0.0239. The highest BCUT2D eigenvalue weighted by molar-refractivity contribution is 5.80. The maximum atomic E-state index is 12.1. The van der Waals surface area contributed by atoms with E-state index in [9.17, 15) is 9.59 Å². The van der Waals surface area contributed by atoms with E-state index in [1.54, 1.807) is 11.8 Å². The Bertz CT molecular complexity index is 283. The Morgan fingerprint density at radius 2 is 1.82 bits per heavy atom. The summed E-state index contributed by atoms with van der Waals surface area (Å²) in [6, 6.07) is -0.145. The molecule has 2 unspecified atom stereocenters. The molecule has 0 radical (unpaired) electrons. The molecule has 2 atom stereocenters. The molecule has 1 N–H and O–H groups in total. The van der Waals surface area contributed by atoms with Crippen LogP contribution in [0.3, 0.4) is 0 Å². The van der Waals surface area contributed by atoms with Gasteiger partial charge in [-0.05, 0) is 25.2 Å². The van der Waals surface area contributed by atoms with Gasteiger partial charge in [-0.1, -0.05) is 13.8 Å². The van der Waals surface area contributed by atoms with Crippen LogP contribution < -0.4 is 0 Å².